The molecule has 19 heavy (non-hydrogen) atoms. The SMILES string of the molecule is Cl.NCc1cnn(Cc2cncc(C(F)(F)F)c2)c1. The van der Waals surface area contributed by atoms with Crippen LogP contribution in [0.2, 0.25) is 0 Å². The second kappa shape index (κ2) is 6.03. The predicted octanol–water partition coefficient (Wildman–Crippen LogP) is 2.23. The normalized spacial score (nSPS) is 11.2. The molecule has 0 spiro atoms. The number of halogens is 4. The molecule has 0 aliphatic carbocycles. The van der Waals surface area contributed by atoms with Crippen molar-refractivity contribution in [2.24, 2.45) is 5.73 Å². The summed E-state index contributed by atoms with van der Waals surface area (Å²) < 4.78 is 39.0. The van der Waals surface area contributed by atoms with E-state index in [1.165, 1.54) is 10.9 Å². The Kier molecular flexibility index (Phi) is 4.90. The first-order valence-electron chi connectivity index (χ1n) is 5.21. The van der Waals surface area contributed by atoms with Crippen LogP contribution in [-0.2, 0) is 19.3 Å². The largest absolute Gasteiger partial charge is 0.417 e. The van der Waals surface area contributed by atoms with Gasteiger partial charge in [0.25, 0.3) is 0 Å². The first-order chi connectivity index (χ1) is 8.49. The predicted molar refractivity (Wildman–Crippen MR) is 65.7 cm³/mol. The van der Waals surface area contributed by atoms with Gasteiger partial charge in [-0.05, 0) is 11.6 Å². The van der Waals surface area contributed by atoms with Gasteiger partial charge in [0.15, 0.2) is 0 Å². The van der Waals surface area contributed by atoms with Crippen LogP contribution in [0.15, 0.2) is 30.9 Å². The lowest BCUT2D eigenvalue weighted by Gasteiger charge is -2.08. The van der Waals surface area contributed by atoms with Gasteiger partial charge in [-0.3, -0.25) is 9.67 Å². The van der Waals surface area contributed by atoms with E-state index in [2.05, 4.69) is 10.1 Å². The molecule has 2 N–H and O–H groups in total. The lowest BCUT2D eigenvalue weighted by atomic mass is 10.2. The Hall–Kier alpha value is -1.60. The van der Waals surface area contributed by atoms with Crippen molar-refractivity contribution < 1.29 is 13.2 Å². The first-order valence-corrected chi connectivity index (χ1v) is 5.21. The van der Waals surface area contributed by atoms with Crippen molar-refractivity contribution >= 4 is 12.4 Å². The highest BCUT2D eigenvalue weighted by Gasteiger charge is 2.30. The van der Waals surface area contributed by atoms with Gasteiger partial charge in [0.2, 0.25) is 0 Å². The van der Waals surface area contributed by atoms with Gasteiger partial charge in [0.1, 0.15) is 0 Å². The van der Waals surface area contributed by atoms with Crippen molar-refractivity contribution in [1.29, 1.82) is 0 Å². The quantitative estimate of drug-likeness (QED) is 0.944. The van der Waals surface area contributed by atoms with Crippen molar-refractivity contribution in [3.63, 3.8) is 0 Å². The topological polar surface area (TPSA) is 56.7 Å². The number of rotatable bonds is 3. The van der Waals surface area contributed by atoms with Crippen LogP contribution in [-0.4, -0.2) is 14.8 Å². The second-order valence-electron chi connectivity index (χ2n) is 3.83. The Labute approximate surface area is 113 Å². The number of aromatic nitrogens is 3. The molecule has 0 aromatic carbocycles. The molecule has 0 saturated carbocycles. The van der Waals surface area contributed by atoms with Gasteiger partial charge < -0.3 is 5.73 Å². The van der Waals surface area contributed by atoms with E-state index >= 15 is 0 Å². The number of alkyl halides is 3. The number of nitrogens with two attached hydrogens (primary N) is 1. The maximum absolute atomic E-state index is 12.5. The van der Waals surface area contributed by atoms with E-state index in [-0.39, 0.29) is 19.0 Å². The zero-order chi connectivity index (χ0) is 13.2. The molecule has 0 radical (unpaired) electrons. The number of nitrogens with zero attached hydrogens (tertiary/aromatic N) is 3. The van der Waals surface area contributed by atoms with Gasteiger partial charge in [-0.15, -0.1) is 12.4 Å². The molecule has 0 unspecified atom stereocenters. The number of hydrogen-bond donors (Lipinski definition) is 1. The third-order valence-corrected chi connectivity index (χ3v) is 2.39. The van der Waals surface area contributed by atoms with E-state index in [0.717, 1.165) is 17.8 Å². The fourth-order valence-electron chi connectivity index (χ4n) is 1.51. The summed E-state index contributed by atoms with van der Waals surface area (Å²) in [6, 6.07) is 1.07. The van der Waals surface area contributed by atoms with Gasteiger partial charge >= 0.3 is 6.18 Å². The molecule has 0 fully saturated rings. The van der Waals surface area contributed by atoms with E-state index in [4.69, 9.17) is 5.73 Å². The summed E-state index contributed by atoms with van der Waals surface area (Å²) in [5.41, 5.74) is 5.94. The van der Waals surface area contributed by atoms with Crippen LogP contribution in [0.25, 0.3) is 0 Å². The van der Waals surface area contributed by atoms with E-state index in [1.54, 1.807) is 12.4 Å². The zero-order valence-electron chi connectivity index (χ0n) is 9.76. The van der Waals surface area contributed by atoms with Crippen molar-refractivity contribution in [2.75, 3.05) is 0 Å². The molecule has 0 aliphatic rings. The monoisotopic (exact) mass is 292 g/mol. The molecule has 2 heterocycles. The van der Waals surface area contributed by atoms with Crippen molar-refractivity contribution in [3.8, 4) is 0 Å². The van der Waals surface area contributed by atoms with Crippen LogP contribution >= 0.6 is 12.4 Å². The number of pyridine rings is 1. The Morgan fingerprint density at radius 2 is 1.89 bits per heavy atom. The minimum Gasteiger partial charge on any atom is -0.326 e. The lowest BCUT2D eigenvalue weighted by Crippen LogP contribution is -2.08. The van der Waals surface area contributed by atoms with E-state index in [9.17, 15) is 13.2 Å². The molecule has 2 rings (SSSR count). The van der Waals surface area contributed by atoms with E-state index in [1.807, 2.05) is 0 Å². The minimum atomic E-state index is -4.38. The van der Waals surface area contributed by atoms with Gasteiger partial charge in [0, 0.05) is 30.7 Å². The third-order valence-electron chi connectivity index (χ3n) is 2.39. The molecule has 8 heteroatoms. The van der Waals surface area contributed by atoms with Gasteiger partial charge in [-0.2, -0.15) is 18.3 Å². The second-order valence-corrected chi connectivity index (χ2v) is 3.83. The maximum Gasteiger partial charge on any atom is 0.417 e. The molecule has 0 bridgehead atoms. The summed E-state index contributed by atoms with van der Waals surface area (Å²) in [6.45, 7) is 0.581. The summed E-state index contributed by atoms with van der Waals surface area (Å²) in [6.07, 6.45) is 1.09. The maximum atomic E-state index is 12.5. The molecule has 104 valence electrons. The highest BCUT2D eigenvalue weighted by atomic mass is 35.5. The molecule has 0 aliphatic heterocycles. The average molecular weight is 293 g/mol. The van der Waals surface area contributed by atoms with Crippen LogP contribution < -0.4 is 5.73 Å². The first kappa shape index (κ1) is 15.5. The smallest absolute Gasteiger partial charge is 0.326 e. The zero-order valence-corrected chi connectivity index (χ0v) is 10.6. The van der Waals surface area contributed by atoms with Crippen LogP contribution in [0.3, 0.4) is 0 Å². The van der Waals surface area contributed by atoms with Crippen molar-refractivity contribution in [2.45, 2.75) is 19.3 Å². The highest BCUT2D eigenvalue weighted by molar-refractivity contribution is 5.85. The molecule has 2 aromatic rings. The third kappa shape index (κ3) is 3.93. The minimum absolute atomic E-state index is 0. The Morgan fingerprint density at radius 1 is 1.16 bits per heavy atom. The molecular weight excluding hydrogens is 281 g/mol. The van der Waals surface area contributed by atoms with E-state index in [0.29, 0.717) is 12.1 Å². The number of hydrogen-bond acceptors (Lipinski definition) is 3. The molecule has 4 nitrogen and oxygen atoms in total. The van der Waals surface area contributed by atoms with Gasteiger partial charge in [-0.25, -0.2) is 0 Å². The van der Waals surface area contributed by atoms with Crippen LogP contribution in [0.5, 0.6) is 0 Å². The molecule has 0 atom stereocenters. The van der Waals surface area contributed by atoms with Gasteiger partial charge in [-0.1, -0.05) is 0 Å². The van der Waals surface area contributed by atoms with Crippen LogP contribution in [0.1, 0.15) is 16.7 Å². The Balaban J connectivity index is 0.00000180. The summed E-state index contributed by atoms with van der Waals surface area (Å²) in [5, 5.41) is 4.00. The highest BCUT2D eigenvalue weighted by Crippen LogP contribution is 2.28. The molecule has 0 amide bonds. The van der Waals surface area contributed by atoms with E-state index < -0.39 is 11.7 Å². The lowest BCUT2D eigenvalue weighted by molar-refractivity contribution is -0.137. The summed E-state index contributed by atoms with van der Waals surface area (Å²) in [4.78, 5) is 3.59. The van der Waals surface area contributed by atoms with Crippen molar-refractivity contribution in [3.05, 3.63) is 47.5 Å². The summed E-state index contributed by atoms with van der Waals surface area (Å²) in [5.74, 6) is 0. The molecule has 0 saturated heterocycles. The van der Waals surface area contributed by atoms with Crippen LogP contribution in [0, 0.1) is 0 Å². The van der Waals surface area contributed by atoms with Crippen LogP contribution in [0.4, 0.5) is 13.2 Å². The fraction of sp³-hybridized carbons (Fsp3) is 0.273. The Morgan fingerprint density at radius 3 is 2.47 bits per heavy atom. The average Bonchev–Trinajstić information content (AvgIpc) is 2.76. The summed E-state index contributed by atoms with van der Waals surface area (Å²) in [7, 11) is 0. The van der Waals surface area contributed by atoms with Gasteiger partial charge in [0.05, 0.1) is 18.3 Å². The standard InChI is InChI=1S/C11H11F3N4.ClH/c12-11(13,14)10-1-8(3-16-5-10)6-18-7-9(2-15)4-17-18;/h1,3-5,7H,2,6,15H2;1H. The summed E-state index contributed by atoms with van der Waals surface area (Å²) >= 11 is 0. The van der Waals surface area contributed by atoms with Crippen molar-refractivity contribution in [1.82, 2.24) is 14.8 Å². The molecule has 2 aromatic heterocycles. The fourth-order valence-corrected chi connectivity index (χ4v) is 1.51. The Bertz CT molecular complexity index is 539. The molecular formula is C11H12ClF3N4.